The number of fused-ring (bicyclic) bond motifs is 1. The van der Waals surface area contributed by atoms with Crippen molar-refractivity contribution in [3.05, 3.63) is 0 Å². The monoisotopic (exact) mass is 131 g/mol. The molecule has 9 heavy (non-hydrogen) atoms. The standard InChI is InChI=1S/C7H13N.FH/c1-5-3-2-4-6-7(5)8-6;/h5-8H,2-4H2,1H3;1H. The normalized spacial score (nSPS) is 47.0. The van der Waals surface area contributed by atoms with Crippen molar-refractivity contribution in [2.24, 2.45) is 5.92 Å². The first-order valence-corrected chi connectivity index (χ1v) is 3.64. The van der Waals surface area contributed by atoms with Crippen LogP contribution in [-0.4, -0.2) is 12.1 Å². The molecule has 0 aromatic rings. The van der Waals surface area contributed by atoms with Gasteiger partial charge in [-0.05, 0) is 18.8 Å². The summed E-state index contributed by atoms with van der Waals surface area (Å²) >= 11 is 0. The molecule has 3 atom stereocenters. The van der Waals surface area contributed by atoms with Gasteiger partial charge >= 0.3 is 0 Å². The minimum atomic E-state index is 0. The second-order valence-corrected chi connectivity index (χ2v) is 3.21. The average Bonchev–Trinajstić information content (AvgIpc) is 2.45. The number of rotatable bonds is 0. The van der Waals surface area contributed by atoms with Crippen molar-refractivity contribution in [1.82, 2.24) is 5.32 Å². The quantitative estimate of drug-likeness (QED) is 0.492. The Balaban J connectivity index is 0.000000405. The van der Waals surface area contributed by atoms with E-state index in [0.717, 1.165) is 18.0 Å². The molecule has 1 N–H and O–H groups in total. The lowest BCUT2D eigenvalue weighted by Gasteiger charge is -2.13. The Labute approximate surface area is 55.2 Å². The van der Waals surface area contributed by atoms with E-state index in [-0.39, 0.29) is 4.70 Å². The summed E-state index contributed by atoms with van der Waals surface area (Å²) in [4.78, 5) is 0. The molecule has 2 fully saturated rings. The molecular formula is C7H14FN. The van der Waals surface area contributed by atoms with Crippen molar-refractivity contribution >= 4 is 0 Å². The van der Waals surface area contributed by atoms with Gasteiger partial charge in [-0.3, -0.25) is 4.70 Å². The summed E-state index contributed by atoms with van der Waals surface area (Å²) in [6.45, 7) is 2.36. The molecule has 54 valence electrons. The average molecular weight is 131 g/mol. The zero-order chi connectivity index (χ0) is 5.56. The van der Waals surface area contributed by atoms with E-state index in [9.17, 15) is 0 Å². The van der Waals surface area contributed by atoms with E-state index in [1.165, 1.54) is 19.3 Å². The first kappa shape index (κ1) is 7.00. The summed E-state index contributed by atoms with van der Waals surface area (Å²) in [5.74, 6) is 0.966. The van der Waals surface area contributed by atoms with E-state index >= 15 is 0 Å². The zero-order valence-electron chi connectivity index (χ0n) is 5.76. The predicted octanol–water partition coefficient (Wildman–Crippen LogP) is 1.30. The van der Waals surface area contributed by atoms with Crippen LogP contribution in [0.15, 0.2) is 0 Å². The molecule has 2 aliphatic rings. The van der Waals surface area contributed by atoms with Crippen LogP contribution < -0.4 is 5.32 Å². The van der Waals surface area contributed by atoms with Crippen LogP contribution in [0.2, 0.25) is 0 Å². The molecule has 2 rings (SSSR count). The molecule has 0 spiro atoms. The topological polar surface area (TPSA) is 21.9 Å². The van der Waals surface area contributed by atoms with E-state index in [0.29, 0.717) is 0 Å². The minimum absolute atomic E-state index is 0. The largest absolute Gasteiger partial charge is 0.308 e. The van der Waals surface area contributed by atoms with Crippen molar-refractivity contribution in [1.29, 1.82) is 0 Å². The summed E-state index contributed by atoms with van der Waals surface area (Å²) in [5.41, 5.74) is 0. The van der Waals surface area contributed by atoms with Gasteiger partial charge in [0.05, 0.1) is 0 Å². The smallest absolute Gasteiger partial charge is 0.0250 e. The highest BCUT2D eigenvalue weighted by atomic mass is 19.0. The molecule has 1 saturated heterocycles. The summed E-state index contributed by atoms with van der Waals surface area (Å²) in [7, 11) is 0. The fourth-order valence-corrected chi connectivity index (χ4v) is 1.85. The zero-order valence-corrected chi connectivity index (χ0v) is 5.76. The first-order chi connectivity index (χ1) is 3.88. The maximum Gasteiger partial charge on any atom is 0.0250 e. The summed E-state index contributed by atoms with van der Waals surface area (Å²) in [6.07, 6.45) is 4.35. The Morgan fingerprint density at radius 3 is 2.67 bits per heavy atom. The molecule has 1 saturated carbocycles. The van der Waals surface area contributed by atoms with Gasteiger partial charge in [0, 0.05) is 12.1 Å². The van der Waals surface area contributed by atoms with Crippen LogP contribution in [0.1, 0.15) is 26.2 Å². The van der Waals surface area contributed by atoms with Gasteiger partial charge in [0.25, 0.3) is 0 Å². The molecule has 1 aliphatic heterocycles. The second kappa shape index (κ2) is 2.25. The van der Waals surface area contributed by atoms with Crippen LogP contribution in [0.5, 0.6) is 0 Å². The lowest BCUT2D eigenvalue weighted by molar-refractivity contribution is 0.438. The summed E-state index contributed by atoms with van der Waals surface area (Å²) in [5, 5.41) is 3.48. The Kier molecular flexibility index (Phi) is 1.75. The molecule has 0 bridgehead atoms. The fraction of sp³-hybridized carbons (Fsp3) is 1.00. The number of nitrogens with one attached hydrogen (secondary N) is 1. The Morgan fingerprint density at radius 2 is 2.11 bits per heavy atom. The van der Waals surface area contributed by atoms with Crippen molar-refractivity contribution in [3.63, 3.8) is 0 Å². The Bertz CT molecular complexity index is 105. The molecule has 1 heterocycles. The van der Waals surface area contributed by atoms with Crippen LogP contribution in [0.25, 0.3) is 0 Å². The molecule has 0 radical (unpaired) electrons. The second-order valence-electron chi connectivity index (χ2n) is 3.21. The van der Waals surface area contributed by atoms with Crippen molar-refractivity contribution in [3.8, 4) is 0 Å². The molecule has 0 aromatic heterocycles. The molecular weight excluding hydrogens is 117 g/mol. The predicted molar refractivity (Wildman–Crippen MR) is 36.2 cm³/mol. The van der Waals surface area contributed by atoms with Crippen molar-refractivity contribution in [2.75, 3.05) is 0 Å². The summed E-state index contributed by atoms with van der Waals surface area (Å²) < 4.78 is 0. The Morgan fingerprint density at radius 1 is 1.33 bits per heavy atom. The fourth-order valence-electron chi connectivity index (χ4n) is 1.85. The number of hydrogen-bond donors (Lipinski definition) is 1. The van der Waals surface area contributed by atoms with Gasteiger partial charge in [-0.2, -0.15) is 0 Å². The van der Waals surface area contributed by atoms with Gasteiger partial charge in [-0.25, -0.2) is 0 Å². The molecule has 0 amide bonds. The molecule has 2 heteroatoms. The van der Waals surface area contributed by atoms with Crippen molar-refractivity contribution in [2.45, 2.75) is 38.3 Å². The highest BCUT2D eigenvalue weighted by molar-refractivity contribution is 5.03. The van der Waals surface area contributed by atoms with Gasteiger partial charge in [-0.15, -0.1) is 0 Å². The number of hydrogen-bond acceptors (Lipinski definition) is 1. The van der Waals surface area contributed by atoms with E-state index in [1.54, 1.807) is 0 Å². The van der Waals surface area contributed by atoms with Crippen LogP contribution in [0.3, 0.4) is 0 Å². The van der Waals surface area contributed by atoms with E-state index in [1.807, 2.05) is 0 Å². The lowest BCUT2D eigenvalue weighted by atomic mass is 9.91. The maximum atomic E-state index is 3.48. The third-order valence-corrected chi connectivity index (χ3v) is 2.52. The third-order valence-electron chi connectivity index (χ3n) is 2.52. The summed E-state index contributed by atoms with van der Waals surface area (Å²) in [6, 6.07) is 1.85. The van der Waals surface area contributed by atoms with Gasteiger partial charge < -0.3 is 5.32 Å². The molecule has 0 aromatic carbocycles. The van der Waals surface area contributed by atoms with Crippen molar-refractivity contribution < 1.29 is 4.70 Å². The van der Waals surface area contributed by atoms with Gasteiger partial charge in [0.2, 0.25) is 0 Å². The SMILES string of the molecule is CC1CCCC2NC12.F. The minimum Gasteiger partial charge on any atom is -0.308 e. The van der Waals surface area contributed by atoms with Crippen LogP contribution in [0, 0.1) is 5.92 Å². The maximum absolute atomic E-state index is 3.48. The highest BCUT2D eigenvalue weighted by Crippen LogP contribution is 2.33. The van der Waals surface area contributed by atoms with Gasteiger partial charge in [0.1, 0.15) is 0 Å². The lowest BCUT2D eigenvalue weighted by Crippen LogP contribution is -2.12. The molecule has 1 nitrogen and oxygen atoms in total. The van der Waals surface area contributed by atoms with Gasteiger partial charge in [0.15, 0.2) is 0 Å². The van der Waals surface area contributed by atoms with E-state index in [4.69, 9.17) is 0 Å². The number of halogens is 1. The van der Waals surface area contributed by atoms with E-state index < -0.39 is 0 Å². The molecule has 3 unspecified atom stereocenters. The molecule has 1 aliphatic carbocycles. The van der Waals surface area contributed by atoms with E-state index in [2.05, 4.69) is 12.2 Å². The Hall–Kier alpha value is -0.110. The highest BCUT2D eigenvalue weighted by Gasteiger charge is 2.42. The third kappa shape index (κ3) is 1.08. The first-order valence-electron chi connectivity index (χ1n) is 3.64. The van der Waals surface area contributed by atoms with Crippen LogP contribution in [-0.2, 0) is 0 Å². The van der Waals surface area contributed by atoms with Gasteiger partial charge in [-0.1, -0.05) is 13.3 Å². The van der Waals surface area contributed by atoms with Crippen LogP contribution >= 0.6 is 0 Å². The van der Waals surface area contributed by atoms with Crippen LogP contribution in [0.4, 0.5) is 4.70 Å².